The Morgan fingerprint density at radius 3 is 2.75 bits per heavy atom. The van der Waals surface area contributed by atoms with E-state index in [1.165, 1.54) is 0 Å². The molecule has 3 rings (SSSR count). The molecule has 0 spiro atoms. The summed E-state index contributed by atoms with van der Waals surface area (Å²) in [5, 5.41) is 5.04. The number of aromatic nitrogens is 3. The van der Waals surface area contributed by atoms with E-state index in [1.54, 1.807) is 0 Å². The topological polar surface area (TPSA) is 77.8 Å². The predicted octanol–water partition coefficient (Wildman–Crippen LogP) is 2.87. The van der Waals surface area contributed by atoms with Gasteiger partial charge in [0.05, 0.1) is 11.1 Å². The van der Waals surface area contributed by atoms with Crippen molar-refractivity contribution in [2.75, 3.05) is 0 Å². The van der Waals surface area contributed by atoms with E-state index in [0.29, 0.717) is 17.4 Å². The molecule has 0 radical (unpaired) electrons. The molecule has 0 bridgehead atoms. The molecule has 0 aliphatic carbocycles. The molecule has 2 N–H and O–H groups in total. The van der Waals surface area contributed by atoms with Gasteiger partial charge in [-0.05, 0) is 25.5 Å². The lowest BCUT2D eigenvalue weighted by atomic mass is 10.0. The molecule has 1 unspecified atom stereocenters. The molecule has 5 heteroatoms. The van der Waals surface area contributed by atoms with Crippen molar-refractivity contribution in [3.8, 4) is 11.6 Å². The van der Waals surface area contributed by atoms with E-state index in [2.05, 4.69) is 15.1 Å². The molecule has 2 heterocycles. The molecule has 0 aliphatic heterocycles. The molecular weight excluding hydrogens is 252 g/mol. The quantitative estimate of drug-likeness (QED) is 0.790. The van der Waals surface area contributed by atoms with Gasteiger partial charge in [0.25, 0.3) is 5.89 Å². The third kappa shape index (κ3) is 2.16. The first kappa shape index (κ1) is 12.7. The van der Waals surface area contributed by atoms with Gasteiger partial charge < -0.3 is 10.3 Å². The van der Waals surface area contributed by atoms with Crippen LogP contribution in [0.3, 0.4) is 0 Å². The molecule has 0 amide bonds. The number of fused-ring (bicyclic) bond motifs is 1. The SMILES string of the molecule is CCC(C)(N)c1noc(-c2ccc3ccccc3n2)n1. The highest BCUT2D eigenvalue weighted by molar-refractivity contribution is 5.80. The van der Waals surface area contributed by atoms with Gasteiger partial charge in [0.1, 0.15) is 5.69 Å². The first-order chi connectivity index (χ1) is 9.60. The van der Waals surface area contributed by atoms with Gasteiger partial charge in [0.2, 0.25) is 0 Å². The summed E-state index contributed by atoms with van der Waals surface area (Å²) in [5.41, 5.74) is 7.09. The van der Waals surface area contributed by atoms with E-state index in [1.807, 2.05) is 50.2 Å². The fraction of sp³-hybridized carbons (Fsp3) is 0.267. The molecule has 1 atom stereocenters. The second-order valence-corrected chi connectivity index (χ2v) is 5.08. The van der Waals surface area contributed by atoms with E-state index in [9.17, 15) is 0 Å². The minimum absolute atomic E-state index is 0.399. The highest BCUT2D eigenvalue weighted by atomic mass is 16.5. The fourth-order valence-electron chi connectivity index (χ4n) is 1.90. The van der Waals surface area contributed by atoms with Crippen molar-refractivity contribution in [1.82, 2.24) is 15.1 Å². The van der Waals surface area contributed by atoms with Crippen LogP contribution in [0.25, 0.3) is 22.5 Å². The summed E-state index contributed by atoms with van der Waals surface area (Å²) in [6.45, 7) is 3.87. The minimum atomic E-state index is -0.585. The zero-order valence-corrected chi connectivity index (χ0v) is 11.5. The van der Waals surface area contributed by atoms with Crippen molar-refractivity contribution in [3.05, 3.63) is 42.2 Å². The molecule has 5 nitrogen and oxygen atoms in total. The highest BCUT2D eigenvalue weighted by Crippen LogP contribution is 2.23. The van der Waals surface area contributed by atoms with Crippen LogP contribution in [0.15, 0.2) is 40.9 Å². The van der Waals surface area contributed by atoms with E-state index in [-0.39, 0.29) is 0 Å². The van der Waals surface area contributed by atoms with E-state index in [0.717, 1.165) is 17.3 Å². The molecule has 1 aromatic carbocycles. The average Bonchev–Trinajstić information content (AvgIpc) is 2.97. The Kier molecular flexibility index (Phi) is 2.99. The van der Waals surface area contributed by atoms with Gasteiger partial charge in [-0.2, -0.15) is 4.98 Å². The van der Waals surface area contributed by atoms with Crippen LogP contribution in [0.1, 0.15) is 26.1 Å². The van der Waals surface area contributed by atoms with Crippen LogP contribution in [0, 0.1) is 0 Å². The van der Waals surface area contributed by atoms with E-state index < -0.39 is 5.54 Å². The molecule has 102 valence electrons. The Hall–Kier alpha value is -2.27. The number of pyridine rings is 1. The van der Waals surface area contributed by atoms with Gasteiger partial charge in [-0.3, -0.25) is 0 Å². The minimum Gasteiger partial charge on any atom is -0.332 e. The van der Waals surface area contributed by atoms with Crippen LogP contribution >= 0.6 is 0 Å². The fourth-order valence-corrected chi connectivity index (χ4v) is 1.90. The van der Waals surface area contributed by atoms with Gasteiger partial charge in [-0.25, -0.2) is 4.98 Å². The highest BCUT2D eigenvalue weighted by Gasteiger charge is 2.25. The Balaban J connectivity index is 2.03. The maximum Gasteiger partial charge on any atom is 0.276 e. The van der Waals surface area contributed by atoms with Crippen LogP contribution in [-0.4, -0.2) is 15.1 Å². The smallest absolute Gasteiger partial charge is 0.276 e. The monoisotopic (exact) mass is 268 g/mol. The Morgan fingerprint density at radius 2 is 1.95 bits per heavy atom. The number of rotatable bonds is 3. The van der Waals surface area contributed by atoms with Crippen molar-refractivity contribution in [1.29, 1.82) is 0 Å². The molecule has 0 saturated heterocycles. The predicted molar refractivity (Wildman–Crippen MR) is 76.9 cm³/mol. The standard InChI is InChI=1S/C15H16N4O/c1-3-15(2,16)14-18-13(20-19-14)12-9-8-10-6-4-5-7-11(10)17-12/h4-9H,3,16H2,1-2H3. The third-order valence-corrected chi connectivity index (χ3v) is 3.49. The molecule has 0 aliphatic rings. The van der Waals surface area contributed by atoms with E-state index in [4.69, 9.17) is 10.3 Å². The lowest BCUT2D eigenvalue weighted by Crippen LogP contribution is -2.33. The number of benzene rings is 1. The van der Waals surface area contributed by atoms with Crippen LogP contribution < -0.4 is 5.73 Å². The lowest BCUT2D eigenvalue weighted by molar-refractivity contribution is 0.378. The van der Waals surface area contributed by atoms with Gasteiger partial charge in [-0.1, -0.05) is 36.3 Å². The van der Waals surface area contributed by atoms with Gasteiger partial charge in [-0.15, -0.1) is 0 Å². The number of nitrogens with two attached hydrogens (primary N) is 1. The van der Waals surface area contributed by atoms with Gasteiger partial charge >= 0.3 is 0 Å². The molecule has 0 fully saturated rings. The summed E-state index contributed by atoms with van der Waals surface area (Å²) in [6, 6.07) is 11.8. The molecular formula is C15H16N4O. The Morgan fingerprint density at radius 1 is 1.15 bits per heavy atom. The Labute approximate surface area is 116 Å². The molecule has 2 aromatic heterocycles. The summed E-state index contributed by atoms with van der Waals surface area (Å²) < 4.78 is 5.28. The van der Waals surface area contributed by atoms with Crippen LogP contribution in [0.5, 0.6) is 0 Å². The number of hydrogen-bond acceptors (Lipinski definition) is 5. The third-order valence-electron chi connectivity index (χ3n) is 3.49. The van der Waals surface area contributed by atoms with Gasteiger partial charge in [0.15, 0.2) is 5.82 Å². The van der Waals surface area contributed by atoms with Crippen LogP contribution in [-0.2, 0) is 5.54 Å². The number of nitrogens with zero attached hydrogens (tertiary/aromatic N) is 3. The maximum atomic E-state index is 6.11. The van der Waals surface area contributed by atoms with Crippen LogP contribution in [0.4, 0.5) is 0 Å². The van der Waals surface area contributed by atoms with Gasteiger partial charge in [0, 0.05) is 5.39 Å². The van der Waals surface area contributed by atoms with Crippen molar-refractivity contribution in [2.45, 2.75) is 25.8 Å². The summed E-state index contributed by atoms with van der Waals surface area (Å²) in [5.74, 6) is 0.904. The van der Waals surface area contributed by atoms with Crippen molar-refractivity contribution >= 4 is 10.9 Å². The summed E-state index contributed by atoms with van der Waals surface area (Å²) in [7, 11) is 0. The zero-order chi connectivity index (χ0) is 14.2. The maximum absolute atomic E-state index is 6.11. The second-order valence-electron chi connectivity index (χ2n) is 5.08. The van der Waals surface area contributed by atoms with E-state index >= 15 is 0 Å². The Bertz CT molecular complexity index is 748. The molecule has 20 heavy (non-hydrogen) atoms. The largest absolute Gasteiger partial charge is 0.332 e. The lowest BCUT2D eigenvalue weighted by Gasteiger charge is -2.16. The normalized spacial score (nSPS) is 14.3. The first-order valence-electron chi connectivity index (χ1n) is 6.59. The molecule has 3 aromatic rings. The van der Waals surface area contributed by atoms with Crippen molar-refractivity contribution in [2.24, 2.45) is 5.73 Å². The van der Waals surface area contributed by atoms with Crippen molar-refractivity contribution < 1.29 is 4.52 Å². The summed E-state index contributed by atoms with van der Waals surface area (Å²) >= 11 is 0. The average molecular weight is 268 g/mol. The first-order valence-corrected chi connectivity index (χ1v) is 6.59. The number of hydrogen-bond donors (Lipinski definition) is 1. The number of para-hydroxylation sites is 1. The second kappa shape index (κ2) is 4.68. The zero-order valence-electron chi connectivity index (χ0n) is 11.5. The van der Waals surface area contributed by atoms with Crippen molar-refractivity contribution in [3.63, 3.8) is 0 Å². The van der Waals surface area contributed by atoms with Crippen LogP contribution in [0.2, 0.25) is 0 Å². The summed E-state index contributed by atoms with van der Waals surface area (Å²) in [6.07, 6.45) is 0.733. The summed E-state index contributed by atoms with van der Waals surface area (Å²) in [4.78, 5) is 8.89. The molecule has 0 saturated carbocycles.